The largest absolute Gasteiger partial charge is 0.358 e. The highest BCUT2D eigenvalue weighted by atomic mass is 16.2. The van der Waals surface area contributed by atoms with Crippen molar-refractivity contribution in [2.75, 3.05) is 6.54 Å². The van der Waals surface area contributed by atoms with E-state index in [9.17, 15) is 19.2 Å². The van der Waals surface area contributed by atoms with Crippen LogP contribution in [0.4, 0.5) is 4.79 Å². The lowest BCUT2D eigenvalue weighted by Crippen LogP contribution is -2.46. The second-order valence-corrected chi connectivity index (χ2v) is 7.77. The molecule has 1 aromatic heterocycles. The fraction of sp³-hybridized carbons (Fsp3) is 0.429. The minimum atomic E-state index is -0.909. The lowest BCUT2D eigenvalue weighted by Gasteiger charge is -2.34. The Morgan fingerprint density at radius 3 is 2.57 bits per heavy atom. The number of amides is 4. The van der Waals surface area contributed by atoms with E-state index >= 15 is 0 Å². The number of hydrogen-bond acceptors (Lipinski definition) is 4. The van der Waals surface area contributed by atoms with Gasteiger partial charge in [-0.2, -0.15) is 0 Å². The van der Waals surface area contributed by atoms with Crippen molar-refractivity contribution in [2.45, 2.75) is 45.6 Å². The number of aromatic nitrogens is 1. The molecule has 1 aromatic carbocycles. The molecule has 1 saturated heterocycles. The van der Waals surface area contributed by atoms with Crippen molar-refractivity contribution in [3.63, 3.8) is 0 Å². The zero-order chi connectivity index (χ0) is 20.0. The Balaban J connectivity index is 1.60. The van der Waals surface area contributed by atoms with E-state index in [0.29, 0.717) is 17.7 Å². The smallest absolute Gasteiger partial charge is 0.334 e. The van der Waals surface area contributed by atoms with Crippen LogP contribution in [0.1, 0.15) is 48.7 Å². The number of nitrogens with one attached hydrogen (secondary N) is 1. The number of aryl methyl sites for hydroxylation is 1. The van der Waals surface area contributed by atoms with E-state index in [1.54, 1.807) is 6.92 Å². The first-order chi connectivity index (χ1) is 13.4. The summed E-state index contributed by atoms with van der Waals surface area (Å²) in [6.07, 6.45) is 3.61. The van der Waals surface area contributed by atoms with Gasteiger partial charge in [0.05, 0.1) is 6.54 Å². The summed E-state index contributed by atoms with van der Waals surface area (Å²) in [6.45, 7) is 3.35. The number of hydrogen-bond donors (Lipinski definition) is 1. The maximum absolute atomic E-state index is 12.9. The molecule has 1 saturated carbocycles. The number of para-hydroxylation sites is 1. The van der Waals surface area contributed by atoms with E-state index in [1.807, 2.05) is 31.2 Å². The van der Waals surface area contributed by atoms with Gasteiger partial charge in [-0.3, -0.25) is 19.3 Å². The highest BCUT2D eigenvalue weighted by Crippen LogP contribution is 2.31. The molecule has 1 aliphatic carbocycles. The first-order valence-corrected chi connectivity index (χ1v) is 9.69. The summed E-state index contributed by atoms with van der Waals surface area (Å²) in [6, 6.07) is 6.44. The van der Waals surface area contributed by atoms with E-state index in [4.69, 9.17) is 0 Å². The Hall–Kier alpha value is -2.96. The van der Waals surface area contributed by atoms with E-state index in [1.165, 1.54) is 0 Å². The maximum Gasteiger partial charge on any atom is 0.334 e. The summed E-state index contributed by atoms with van der Waals surface area (Å²) in [4.78, 5) is 55.8. The second-order valence-electron chi connectivity index (χ2n) is 7.77. The summed E-state index contributed by atoms with van der Waals surface area (Å²) < 4.78 is 0. The Morgan fingerprint density at radius 1 is 1.11 bits per heavy atom. The molecule has 4 rings (SSSR count). The van der Waals surface area contributed by atoms with Crippen LogP contribution in [-0.4, -0.2) is 51.0 Å². The molecule has 0 spiro atoms. The highest BCUT2D eigenvalue weighted by molar-refractivity contribution is 6.45. The zero-order valence-electron chi connectivity index (χ0n) is 16.0. The summed E-state index contributed by atoms with van der Waals surface area (Å²) in [5.41, 5.74) is 1.94. The normalized spacial score (nSPS) is 23.1. The summed E-state index contributed by atoms with van der Waals surface area (Å²) in [5, 5.41) is 0.744. The van der Waals surface area contributed by atoms with E-state index in [0.717, 1.165) is 40.0 Å². The van der Waals surface area contributed by atoms with Crippen LogP contribution in [0.5, 0.6) is 0 Å². The van der Waals surface area contributed by atoms with Crippen LogP contribution in [0, 0.1) is 12.8 Å². The number of benzene rings is 1. The molecule has 1 N–H and O–H groups in total. The van der Waals surface area contributed by atoms with Gasteiger partial charge in [0.2, 0.25) is 0 Å². The average molecular weight is 381 g/mol. The van der Waals surface area contributed by atoms with Crippen LogP contribution in [-0.2, 0) is 9.59 Å². The van der Waals surface area contributed by atoms with Crippen molar-refractivity contribution < 1.29 is 19.2 Å². The Morgan fingerprint density at radius 2 is 1.82 bits per heavy atom. The molecular formula is C21H23N3O4. The van der Waals surface area contributed by atoms with E-state index in [2.05, 4.69) is 4.98 Å². The van der Waals surface area contributed by atoms with Gasteiger partial charge in [-0.1, -0.05) is 38.0 Å². The van der Waals surface area contributed by atoms with Crippen molar-refractivity contribution >= 4 is 34.5 Å². The van der Waals surface area contributed by atoms with Gasteiger partial charge in [0.25, 0.3) is 0 Å². The molecule has 2 aliphatic rings. The lowest BCUT2D eigenvalue weighted by atomic mass is 9.85. The molecule has 4 amide bonds. The first-order valence-electron chi connectivity index (χ1n) is 9.69. The molecule has 2 atom stereocenters. The molecule has 0 bridgehead atoms. The van der Waals surface area contributed by atoms with Gasteiger partial charge in [-0.05, 0) is 31.7 Å². The molecule has 0 unspecified atom stereocenters. The van der Waals surface area contributed by atoms with Crippen molar-refractivity contribution in [1.82, 2.24) is 14.8 Å². The van der Waals surface area contributed by atoms with Crippen molar-refractivity contribution in [1.29, 1.82) is 0 Å². The van der Waals surface area contributed by atoms with Crippen LogP contribution in [0.3, 0.4) is 0 Å². The molecule has 7 heteroatoms. The first kappa shape index (κ1) is 18.4. The minimum absolute atomic E-state index is 0.154. The van der Waals surface area contributed by atoms with Crippen LogP contribution < -0.4 is 0 Å². The fourth-order valence-electron chi connectivity index (χ4n) is 4.49. The van der Waals surface area contributed by atoms with E-state index < -0.39 is 24.4 Å². The minimum Gasteiger partial charge on any atom is -0.358 e. The number of imide groups is 2. The fourth-order valence-corrected chi connectivity index (χ4v) is 4.49. The number of fused-ring (bicyclic) bond motifs is 1. The van der Waals surface area contributed by atoms with Gasteiger partial charge in [-0.25, -0.2) is 9.69 Å². The number of nitrogens with zero attached hydrogens (tertiary/aromatic N) is 2. The van der Waals surface area contributed by atoms with Gasteiger partial charge in [-0.15, -0.1) is 0 Å². The van der Waals surface area contributed by atoms with Gasteiger partial charge in [0, 0.05) is 28.2 Å². The topological polar surface area (TPSA) is 90.6 Å². The second kappa shape index (κ2) is 6.89. The lowest BCUT2D eigenvalue weighted by molar-refractivity contribution is -0.144. The van der Waals surface area contributed by atoms with Crippen LogP contribution in [0.15, 0.2) is 24.3 Å². The molecule has 0 radical (unpaired) electrons. The molecule has 7 nitrogen and oxygen atoms in total. The van der Waals surface area contributed by atoms with Crippen LogP contribution in [0.25, 0.3) is 10.9 Å². The Kier molecular flexibility index (Phi) is 4.53. The van der Waals surface area contributed by atoms with Crippen LogP contribution in [0.2, 0.25) is 0 Å². The summed E-state index contributed by atoms with van der Waals surface area (Å²) >= 11 is 0. The van der Waals surface area contributed by atoms with E-state index in [-0.39, 0.29) is 17.7 Å². The molecule has 2 fully saturated rings. The molecule has 1 aliphatic heterocycles. The SMILES string of the molecule is Cc1[nH]c2ccccc2c1C(=O)CN1C(=O)C(=O)N([C@H]2CCCC[C@@H]2C)C1=O. The predicted octanol–water partition coefficient (Wildman–Crippen LogP) is 3.03. The molecular weight excluding hydrogens is 358 g/mol. The third-order valence-electron chi connectivity index (χ3n) is 5.96. The highest BCUT2D eigenvalue weighted by Gasteiger charge is 2.49. The zero-order valence-corrected chi connectivity index (χ0v) is 16.0. The van der Waals surface area contributed by atoms with Crippen molar-refractivity contribution in [3.8, 4) is 0 Å². The number of ketones is 1. The Bertz CT molecular complexity index is 993. The Labute approximate surface area is 162 Å². The number of carbonyl (C=O) groups is 4. The molecule has 146 valence electrons. The standard InChI is InChI=1S/C21H23N3O4/c1-12-7-3-6-10-16(12)24-20(27)19(26)23(21(24)28)11-17(25)18-13(2)22-15-9-5-4-8-14(15)18/h4-5,8-9,12,16,22H,3,6-7,10-11H2,1-2H3/t12-,16-/m0/s1. The van der Waals surface area contributed by atoms with Crippen LogP contribution >= 0.6 is 0 Å². The summed E-state index contributed by atoms with van der Waals surface area (Å²) in [5.74, 6) is -1.93. The number of H-pyrrole nitrogens is 1. The number of carbonyl (C=O) groups excluding carboxylic acids is 4. The number of Topliss-reactive ketones (excluding diaryl/α,β-unsaturated/α-hetero) is 1. The van der Waals surface area contributed by atoms with Gasteiger partial charge >= 0.3 is 17.8 Å². The number of urea groups is 1. The monoisotopic (exact) mass is 381 g/mol. The third-order valence-corrected chi connectivity index (χ3v) is 5.96. The van der Waals surface area contributed by atoms with Gasteiger partial charge < -0.3 is 4.98 Å². The maximum atomic E-state index is 12.9. The molecule has 2 heterocycles. The number of aromatic amines is 1. The van der Waals surface area contributed by atoms with Gasteiger partial charge in [0.1, 0.15) is 0 Å². The quantitative estimate of drug-likeness (QED) is 0.501. The predicted molar refractivity (Wildman–Crippen MR) is 103 cm³/mol. The van der Waals surface area contributed by atoms with Crippen molar-refractivity contribution in [2.24, 2.45) is 5.92 Å². The molecule has 28 heavy (non-hydrogen) atoms. The van der Waals surface area contributed by atoms with Gasteiger partial charge in [0.15, 0.2) is 5.78 Å². The summed E-state index contributed by atoms with van der Waals surface area (Å²) in [7, 11) is 0. The molecule has 2 aromatic rings. The number of rotatable bonds is 4. The average Bonchev–Trinajstić information content (AvgIpc) is 3.11. The van der Waals surface area contributed by atoms with Crippen molar-refractivity contribution in [3.05, 3.63) is 35.5 Å². The third kappa shape index (κ3) is 2.82.